The zero-order valence-corrected chi connectivity index (χ0v) is 12.4. The van der Waals surface area contributed by atoms with Gasteiger partial charge in [-0.25, -0.2) is 4.98 Å². The van der Waals surface area contributed by atoms with Crippen LogP contribution in [0.1, 0.15) is 51.9 Å². The number of nitrogens with one attached hydrogen (secondary N) is 1. The van der Waals surface area contributed by atoms with Crippen molar-refractivity contribution in [1.29, 1.82) is 0 Å². The zero-order chi connectivity index (χ0) is 15.3. The molecule has 1 heterocycles. The van der Waals surface area contributed by atoms with Gasteiger partial charge in [0.1, 0.15) is 5.75 Å². The van der Waals surface area contributed by atoms with E-state index >= 15 is 0 Å². The smallest absolute Gasteiger partial charge is 0.273 e. The van der Waals surface area contributed by atoms with E-state index in [1.54, 1.807) is 19.2 Å². The molecular weight excluding hydrogens is 276 g/mol. The Morgan fingerprint density at radius 2 is 2.00 bits per heavy atom. The van der Waals surface area contributed by atoms with Crippen molar-refractivity contribution in [2.75, 3.05) is 0 Å². The maximum atomic E-state index is 12.4. The van der Waals surface area contributed by atoms with Gasteiger partial charge >= 0.3 is 0 Å². The first-order chi connectivity index (χ1) is 10.6. The van der Waals surface area contributed by atoms with Crippen molar-refractivity contribution in [2.24, 2.45) is 0 Å². The van der Waals surface area contributed by atoms with Gasteiger partial charge in [0, 0.05) is 18.2 Å². The number of aryl methyl sites for hydroxylation is 1. The molecule has 2 aliphatic carbocycles. The van der Waals surface area contributed by atoms with Crippen molar-refractivity contribution >= 4 is 5.91 Å². The van der Waals surface area contributed by atoms with Crippen LogP contribution in [-0.4, -0.2) is 22.0 Å². The van der Waals surface area contributed by atoms with Crippen molar-refractivity contribution in [2.45, 2.75) is 37.6 Å². The van der Waals surface area contributed by atoms with E-state index in [0.717, 1.165) is 12.8 Å². The highest BCUT2D eigenvalue weighted by Gasteiger charge is 2.44. The number of benzene rings is 1. The van der Waals surface area contributed by atoms with Gasteiger partial charge in [-0.05, 0) is 48.4 Å². The molecule has 2 unspecified atom stereocenters. The SMILES string of the molecule is Cc1ccnc(C(=O)N[C@@H]2CC3CC2c2ccccc23)c1O. The Morgan fingerprint density at radius 1 is 1.23 bits per heavy atom. The molecule has 2 bridgehead atoms. The molecule has 0 spiro atoms. The van der Waals surface area contributed by atoms with Crippen LogP contribution in [0.4, 0.5) is 0 Å². The molecule has 3 atom stereocenters. The quantitative estimate of drug-likeness (QED) is 0.895. The number of carbonyl (C=O) groups is 1. The summed E-state index contributed by atoms with van der Waals surface area (Å²) < 4.78 is 0. The summed E-state index contributed by atoms with van der Waals surface area (Å²) in [5, 5.41) is 13.1. The molecule has 1 fully saturated rings. The standard InChI is InChI=1S/C18H18N2O2/c1-10-6-7-19-16(17(10)21)18(22)20-15-9-11-8-14(15)13-5-3-2-4-12(11)13/h2-7,11,14-15,21H,8-9H2,1H3,(H,20,22)/t11?,14?,15-/m1/s1. The number of amides is 1. The fourth-order valence-electron chi connectivity index (χ4n) is 3.97. The predicted molar refractivity (Wildman–Crippen MR) is 83.1 cm³/mol. The third-order valence-corrected chi connectivity index (χ3v) is 5.06. The van der Waals surface area contributed by atoms with Crippen LogP contribution < -0.4 is 5.32 Å². The molecule has 1 amide bonds. The molecule has 22 heavy (non-hydrogen) atoms. The fourth-order valence-corrected chi connectivity index (χ4v) is 3.97. The van der Waals surface area contributed by atoms with Gasteiger partial charge in [0.15, 0.2) is 5.69 Å². The topological polar surface area (TPSA) is 62.2 Å². The van der Waals surface area contributed by atoms with Gasteiger partial charge in [-0.1, -0.05) is 24.3 Å². The Morgan fingerprint density at radius 3 is 2.82 bits per heavy atom. The van der Waals surface area contributed by atoms with E-state index < -0.39 is 0 Å². The molecule has 1 aromatic heterocycles. The van der Waals surface area contributed by atoms with E-state index in [-0.39, 0.29) is 23.4 Å². The van der Waals surface area contributed by atoms with Crippen molar-refractivity contribution in [3.63, 3.8) is 0 Å². The second-order valence-corrected chi connectivity index (χ2v) is 6.31. The lowest BCUT2D eigenvalue weighted by Gasteiger charge is -2.25. The second-order valence-electron chi connectivity index (χ2n) is 6.31. The highest BCUT2D eigenvalue weighted by Crippen LogP contribution is 2.52. The molecule has 1 saturated carbocycles. The minimum Gasteiger partial charge on any atom is -0.505 e. The molecule has 2 aromatic rings. The summed E-state index contributed by atoms with van der Waals surface area (Å²) >= 11 is 0. The summed E-state index contributed by atoms with van der Waals surface area (Å²) in [4.78, 5) is 16.5. The average Bonchev–Trinajstić information content (AvgIpc) is 3.09. The van der Waals surface area contributed by atoms with E-state index in [2.05, 4.69) is 34.6 Å². The number of fused-ring (bicyclic) bond motifs is 5. The number of carbonyl (C=O) groups excluding carboxylic acids is 1. The number of aromatic hydroxyl groups is 1. The molecule has 4 heteroatoms. The van der Waals surface area contributed by atoms with Crippen LogP contribution >= 0.6 is 0 Å². The summed E-state index contributed by atoms with van der Waals surface area (Å²) in [6, 6.07) is 10.3. The Labute approximate surface area is 129 Å². The van der Waals surface area contributed by atoms with Crippen LogP contribution in [0, 0.1) is 6.92 Å². The van der Waals surface area contributed by atoms with Crippen LogP contribution in [0.15, 0.2) is 36.5 Å². The second kappa shape index (κ2) is 4.83. The van der Waals surface area contributed by atoms with E-state index in [1.807, 2.05) is 0 Å². The summed E-state index contributed by atoms with van der Waals surface area (Å²) in [6.07, 6.45) is 3.64. The minimum absolute atomic E-state index is 0.0245. The number of nitrogens with zero attached hydrogens (tertiary/aromatic N) is 1. The van der Waals surface area contributed by atoms with Gasteiger partial charge in [-0.15, -0.1) is 0 Å². The lowest BCUT2D eigenvalue weighted by atomic mass is 9.88. The molecule has 2 N–H and O–H groups in total. The van der Waals surface area contributed by atoms with Gasteiger partial charge in [0.25, 0.3) is 5.91 Å². The first-order valence-electron chi connectivity index (χ1n) is 7.69. The van der Waals surface area contributed by atoms with Crippen molar-refractivity contribution in [1.82, 2.24) is 10.3 Å². The molecule has 4 rings (SSSR count). The highest BCUT2D eigenvalue weighted by atomic mass is 16.3. The Kier molecular flexibility index (Phi) is 2.93. The molecule has 2 aliphatic rings. The number of hydrogen-bond acceptors (Lipinski definition) is 3. The molecule has 4 nitrogen and oxygen atoms in total. The largest absolute Gasteiger partial charge is 0.505 e. The van der Waals surface area contributed by atoms with E-state index in [1.165, 1.54) is 11.1 Å². The third-order valence-electron chi connectivity index (χ3n) is 5.06. The van der Waals surface area contributed by atoms with Gasteiger partial charge in [-0.2, -0.15) is 0 Å². The number of aromatic nitrogens is 1. The molecule has 1 aromatic carbocycles. The number of hydrogen-bond donors (Lipinski definition) is 2. The third kappa shape index (κ3) is 1.90. The van der Waals surface area contributed by atoms with E-state index in [0.29, 0.717) is 17.4 Å². The van der Waals surface area contributed by atoms with Crippen LogP contribution in [0.25, 0.3) is 0 Å². The van der Waals surface area contributed by atoms with Crippen molar-refractivity contribution < 1.29 is 9.90 Å². The average molecular weight is 294 g/mol. The highest BCUT2D eigenvalue weighted by molar-refractivity contribution is 5.95. The lowest BCUT2D eigenvalue weighted by Crippen LogP contribution is -2.38. The fraction of sp³-hybridized carbons (Fsp3) is 0.333. The molecular formula is C18H18N2O2. The van der Waals surface area contributed by atoms with Gasteiger partial charge in [-0.3, -0.25) is 4.79 Å². The summed E-state index contributed by atoms with van der Waals surface area (Å²) in [7, 11) is 0. The monoisotopic (exact) mass is 294 g/mol. The first-order valence-corrected chi connectivity index (χ1v) is 7.69. The lowest BCUT2D eigenvalue weighted by molar-refractivity contribution is 0.0925. The normalized spacial score (nSPS) is 25.0. The van der Waals surface area contributed by atoms with Gasteiger partial charge < -0.3 is 10.4 Å². The molecule has 0 radical (unpaired) electrons. The minimum atomic E-state index is -0.281. The van der Waals surface area contributed by atoms with Gasteiger partial charge in [0.05, 0.1) is 0 Å². The molecule has 112 valence electrons. The van der Waals surface area contributed by atoms with Crippen molar-refractivity contribution in [3.8, 4) is 5.75 Å². The summed E-state index contributed by atoms with van der Waals surface area (Å²) in [6.45, 7) is 1.77. The zero-order valence-electron chi connectivity index (χ0n) is 12.4. The number of pyridine rings is 1. The Hall–Kier alpha value is -2.36. The van der Waals surface area contributed by atoms with E-state index in [4.69, 9.17) is 0 Å². The Balaban J connectivity index is 1.56. The Bertz CT molecular complexity index is 757. The number of rotatable bonds is 2. The van der Waals surface area contributed by atoms with Crippen LogP contribution in [0.5, 0.6) is 5.75 Å². The summed E-state index contributed by atoms with van der Waals surface area (Å²) in [5.41, 5.74) is 3.59. The van der Waals surface area contributed by atoms with Gasteiger partial charge in [0.2, 0.25) is 0 Å². The first kappa shape index (κ1) is 13.3. The summed E-state index contributed by atoms with van der Waals surface area (Å²) in [5.74, 6) is 0.627. The maximum absolute atomic E-state index is 12.4. The van der Waals surface area contributed by atoms with Crippen molar-refractivity contribution in [3.05, 3.63) is 58.9 Å². The van der Waals surface area contributed by atoms with Crippen LogP contribution in [-0.2, 0) is 0 Å². The maximum Gasteiger partial charge on any atom is 0.273 e. The van der Waals surface area contributed by atoms with Crippen LogP contribution in [0.3, 0.4) is 0 Å². The molecule has 0 aliphatic heterocycles. The molecule has 0 saturated heterocycles. The van der Waals surface area contributed by atoms with E-state index in [9.17, 15) is 9.90 Å². The van der Waals surface area contributed by atoms with Crippen LogP contribution in [0.2, 0.25) is 0 Å². The predicted octanol–water partition coefficient (Wildman–Crippen LogP) is 2.87.